The maximum atomic E-state index is 12.4. The number of ether oxygens (including phenoxy) is 2. The van der Waals surface area contributed by atoms with Gasteiger partial charge in [0.15, 0.2) is 0 Å². The minimum atomic E-state index is -0.450. The van der Waals surface area contributed by atoms with Gasteiger partial charge in [0.2, 0.25) is 0 Å². The van der Waals surface area contributed by atoms with Crippen LogP contribution < -0.4 is 0 Å². The molecule has 3 aliphatic heterocycles. The molecule has 3 aliphatic rings. The zero-order chi connectivity index (χ0) is 22.0. The van der Waals surface area contributed by atoms with Crippen molar-refractivity contribution in [1.82, 2.24) is 14.7 Å². The minimum Gasteiger partial charge on any atom is -0.445 e. The number of hydrogen-bond donors (Lipinski definition) is 0. The van der Waals surface area contributed by atoms with Crippen LogP contribution in [0, 0.1) is 5.92 Å². The third-order valence-corrected chi connectivity index (χ3v) is 6.55. The fourth-order valence-corrected chi connectivity index (χ4v) is 4.96. The molecule has 0 saturated carbocycles. The van der Waals surface area contributed by atoms with E-state index in [0.717, 1.165) is 57.5 Å². The molecule has 0 unspecified atom stereocenters. The van der Waals surface area contributed by atoms with E-state index >= 15 is 0 Å². The lowest BCUT2D eigenvalue weighted by molar-refractivity contribution is 0.0108. The number of amides is 2. The van der Waals surface area contributed by atoms with Gasteiger partial charge in [-0.3, -0.25) is 4.90 Å². The zero-order valence-electron chi connectivity index (χ0n) is 19.0. The lowest BCUT2D eigenvalue weighted by Crippen LogP contribution is -2.51. The van der Waals surface area contributed by atoms with Crippen molar-refractivity contribution in [3.63, 3.8) is 0 Å². The number of hydrogen-bond acceptors (Lipinski definition) is 5. The van der Waals surface area contributed by atoms with Crippen LogP contribution in [0.25, 0.3) is 0 Å². The minimum absolute atomic E-state index is 0.179. The van der Waals surface area contributed by atoms with Crippen molar-refractivity contribution in [3.8, 4) is 0 Å². The Balaban J connectivity index is 1.18. The van der Waals surface area contributed by atoms with E-state index < -0.39 is 5.60 Å². The standard InChI is InChI=1S/C24H35N3O4/c1-24(2,3)31-23(29)27-16-20-13-21(27)15-26(20)14-18-9-11-25(12-10-18)22(28)30-17-19-7-5-4-6-8-19/h4-8,18,20-21H,9-17H2,1-3H3/t20-,21-/m1/s1. The Morgan fingerprint density at radius 3 is 2.32 bits per heavy atom. The van der Waals surface area contributed by atoms with Gasteiger partial charge in [-0.2, -0.15) is 0 Å². The van der Waals surface area contributed by atoms with Crippen molar-refractivity contribution in [2.45, 2.75) is 64.3 Å². The van der Waals surface area contributed by atoms with E-state index in [0.29, 0.717) is 18.6 Å². The summed E-state index contributed by atoms with van der Waals surface area (Å²) in [7, 11) is 0. The first-order chi connectivity index (χ1) is 14.8. The molecule has 0 spiro atoms. The van der Waals surface area contributed by atoms with Crippen LogP contribution >= 0.6 is 0 Å². The van der Waals surface area contributed by atoms with Crippen LogP contribution in [-0.4, -0.2) is 77.3 Å². The van der Waals surface area contributed by atoms with E-state index in [-0.39, 0.29) is 18.2 Å². The Morgan fingerprint density at radius 1 is 1.00 bits per heavy atom. The van der Waals surface area contributed by atoms with Crippen LogP contribution in [0.15, 0.2) is 30.3 Å². The number of piperidine rings is 1. The highest BCUT2D eigenvalue weighted by atomic mass is 16.6. The number of fused-ring (bicyclic) bond motifs is 2. The van der Waals surface area contributed by atoms with Crippen molar-refractivity contribution >= 4 is 12.2 Å². The fourth-order valence-electron chi connectivity index (χ4n) is 4.96. The molecule has 3 heterocycles. The van der Waals surface area contributed by atoms with Crippen LogP contribution in [0.2, 0.25) is 0 Å². The van der Waals surface area contributed by atoms with Crippen molar-refractivity contribution in [1.29, 1.82) is 0 Å². The Labute approximate surface area is 185 Å². The number of carbonyl (C=O) groups is 2. The maximum Gasteiger partial charge on any atom is 0.410 e. The van der Waals surface area contributed by atoms with Crippen molar-refractivity contribution < 1.29 is 19.1 Å². The van der Waals surface area contributed by atoms with E-state index in [2.05, 4.69) is 4.90 Å². The molecule has 2 atom stereocenters. The fraction of sp³-hybridized carbons (Fsp3) is 0.667. The second kappa shape index (κ2) is 9.07. The van der Waals surface area contributed by atoms with Gasteiger partial charge >= 0.3 is 12.2 Å². The number of benzene rings is 1. The van der Waals surface area contributed by atoms with E-state index in [4.69, 9.17) is 9.47 Å². The van der Waals surface area contributed by atoms with Crippen LogP contribution in [-0.2, 0) is 16.1 Å². The number of rotatable bonds is 4. The second-order valence-corrected chi connectivity index (χ2v) is 10.1. The van der Waals surface area contributed by atoms with Crippen LogP contribution in [0.1, 0.15) is 45.6 Å². The van der Waals surface area contributed by atoms with Gasteiger partial charge in [0.1, 0.15) is 12.2 Å². The molecule has 3 saturated heterocycles. The third-order valence-electron chi connectivity index (χ3n) is 6.55. The zero-order valence-corrected chi connectivity index (χ0v) is 19.0. The van der Waals surface area contributed by atoms with Crippen molar-refractivity contribution in [2.24, 2.45) is 5.92 Å². The molecular weight excluding hydrogens is 394 g/mol. The molecule has 3 fully saturated rings. The summed E-state index contributed by atoms with van der Waals surface area (Å²) in [4.78, 5) is 31.1. The molecule has 31 heavy (non-hydrogen) atoms. The topological polar surface area (TPSA) is 62.3 Å². The van der Waals surface area contributed by atoms with Gasteiger partial charge in [-0.05, 0) is 51.5 Å². The summed E-state index contributed by atoms with van der Waals surface area (Å²) < 4.78 is 11.0. The average molecular weight is 430 g/mol. The third kappa shape index (κ3) is 5.50. The summed E-state index contributed by atoms with van der Waals surface area (Å²) >= 11 is 0. The molecule has 0 aliphatic carbocycles. The van der Waals surface area contributed by atoms with E-state index in [1.807, 2.05) is 60.9 Å². The highest BCUT2D eigenvalue weighted by Gasteiger charge is 2.46. The number of likely N-dealkylation sites (tertiary alicyclic amines) is 3. The van der Waals surface area contributed by atoms with Crippen molar-refractivity contribution in [2.75, 3.05) is 32.7 Å². The van der Waals surface area contributed by atoms with E-state index in [1.165, 1.54) is 0 Å². The first-order valence-electron chi connectivity index (χ1n) is 11.5. The molecule has 170 valence electrons. The lowest BCUT2D eigenvalue weighted by Gasteiger charge is -2.38. The van der Waals surface area contributed by atoms with Crippen LogP contribution in [0.4, 0.5) is 9.59 Å². The van der Waals surface area contributed by atoms with Gasteiger partial charge in [-0.15, -0.1) is 0 Å². The highest BCUT2D eigenvalue weighted by molar-refractivity contribution is 5.69. The van der Waals surface area contributed by atoms with Gasteiger partial charge in [0, 0.05) is 44.8 Å². The van der Waals surface area contributed by atoms with Gasteiger partial charge in [-0.1, -0.05) is 30.3 Å². The highest BCUT2D eigenvalue weighted by Crippen LogP contribution is 2.33. The van der Waals surface area contributed by atoms with Crippen LogP contribution in [0.3, 0.4) is 0 Å². The lowest BCUT2D eigenvalue weighted by atomic mass is 9.96. The molecule has 7 nitrogen and oxygen atoms in total. The number of carbonyl (C=O) groups excluding carboxylic acids is 2. The molecule has 1 aromatic rings. The Hall–Kier alpha value is -2.28. The Kier molecular flexibility index (Phi) is 6.42. The second-order valence-electron chi connectivity index (χ2n) is 10.1. The summed E-state index contributed by atoms with van der Waals surface area (Å²) in [6.45, 7) is 10.3. The molecule has 2 bridgehead atoms. The van der Waals surface area contributed by atoms with Crippen molar-refractivity contribution in [3.05, 3.63) is 35.9 Å². The van der Waals surface area contributed by atoms with Gasteiger partial charge < -0.3 is 19.3 Å². The summed E-state index contributed by atoms with van der Waals surface area (Å²) in [5, 5.41) is 0. The van der Waals surface area contributed by atoms with Gasteiger partial charge in [0.25, 0.3) is 0 Å². The van der Waals surface area contributed by atoms with E-state index in [9.17, 15) is 9.59 Å². The molecule has 0 N–H and O–H groups in total. The monoisotopic (exact) mass is 429 g/mol. The molecule has 0 aromatic heterocycles. The summed E-state index contributed by atoms with van der Waals surface area (Å²) in [6.07, 6.45) is 2.66. The molecular formula is C24H35N3O4. The number of nitrogens with zero attached hydrogens (tertiary/aromatic N) is 3. The summed E-state index contributed by atoms with van der Waals surface area (Å²) in [6, 6.07) is 10.5. The molecule has 0 radical (unpaired) electrons. The van der Waals surface area contributed by atoms with Gasteiger partial charge in [0.05, 0.1) is 0 Å². The predicted molar refractivity (Wildman–Crippen MR) is 118 cm³/mol. The normalized spacial score (nSPS) is 24.5. The quantitative estimate of drug-likeness (QED) is 0.730. The molecule has 1 aromatic carbocycles. The molecule has 4 rings (SSSR count). The van der Waals surface area contributed by atoms with Crippen LogP contribution in [0.5, 0.6) is 0 Å². The average Bonchev–Trinajstić information content (AvgIpc) is 3.33. The first kappa shape index (κ1) is 21.9. The predicted octanol–water partition coefficient (Wildman–Crippen LogP) is 3.73. The molecule has 7 heteroatoms. The van der Waals surface area contributed by atoms with Gasteiger partial charge in [-0.25, -0.2) is 9.59 Å². The smallest absolute Gasteiger partial charge is 0.410 e. The first-order valence-corrected chi connectivity index (χ1v) is 11.5. The molecule has 2 amide bonds. The maximum absolute atomic E-state index is 12.4. The summed E-state index contributed by atoms with van der Waals surface area (Å²) in [5.74, 6) is 0.590. The summed E-state index contributed by atoms with van der Waals surface area (Å²) in [5.41, 5.74) is 0.560. The SMILES string of the molecule is CC(C)(C)OC(=O)N1C[C@H]2C[C@@H]1CN2CC1CCN(C(=O)OCc2ccccc2)CC1. The Bertz CT molecular complexity index is 771. The van der Waals surface area contributed by atoms with E-state index in [1.54, 1.807) is 0 Å². The number of piperazine rings is 1. The largest absolute Gasteiger partial charge is 0.445 e. The Morgan fingerprint density at radius 2 is 1.71 bits per heavy atom.